The maximum Gasteiger partial charge on any atom is 0.187 e. The number of methoxy groups -OCH3 is 1. The van der Waals surface area contributed by atoms with Gasteiger partial charge in [-0.25, -0.2) is 0 Å². The molecule has 0 aromatic heterocycles. The van der Waals surface area contributed by atoms with Crippen molar-refractivity contribution in [2.24, 2.45) is 0 Å². The second-order valence-corrected chi connectivity index (χ2v) is 7.64. The molecule has 3 saturated heterocycles. The molecule has 3 heterocycles. The molecule has 0 saturated carbocycles. The van der Waals surface area contributed by atoms with E-state index in [-0.39, 0.29) is 13.2 Å². The number of aliphatic hydroxyl groups excluding tert-OH is 7. The molecule has 0 aliphatic carbocycles. The Labute approximate surface area is 172 Å². The topological polar surface area (TPSA) is 197 Å². The molecule has 3 rings (SSSR count). The van der Waals surface area contributed by atoms with Gasteiger partial charge in [-0.15, -0.1) is 0 Å². The van der Waals surface area contributed by atoms with Gasteiger partial charge in [-0.1, -0.05) is 0 Å². The van der Waals surface area contributed by atoms with Crippen LogP contribution in [-0.4, -0.2) is 136 Å². The molecule has 0 bridgehead atoms. The van der Waals surface area contributed by atoms with E-state index in [1.54, 1.807) is 0 Å². The van der Waals surface area contributed by atoms with Crippen molar-refractivity contribution in [3.63, 3.8) is 0 Å². The summed E-state index contributed by atoms with van der Waals surface area (Å²) >= 11 is 0. The van der Waals surface area contributed by atoms with Crippen LogP contribution in [0, 0.1) is 0 Å². The zero-order valence-corrected chi connectivity index (χ0v) is 16.5. The van der Waals surface area contributed by atoms with E-state index in [2.05, 4.69) is 0 Å². The minimum absolute atomic E-state index is 0.174. The lowest BCUT2D eigenvalue weighted by atomic mass is 9.98. The van der Waals surface area contributed by atoms with Crippen LogP contribution >= 0.6 is 0 Å². The highest BCUT2D eigenvalue weighted by Gasteiger charge is 2.50. The maximum absolute atomic E-state index is 10.5. The number of rotatable bonds is 5. The van der Waals surface area contributed by atoms with Gasteiger partial charge in [0.2, 0.25) is 0 Å². The summed E-state index contributed by atoms with van der Waals surface area (Å²) in [6, 6.07) is 0. The number of hydrogen-bond donors (Lipinski definition) is 7. The van der Waals surface area contributed by atoms with Gasteiger partial charge in [0.15, 0.2) is 18.9 Å². The fourth-order valence-electron chi connectivity index (χ4n) is 3.63. The maximum atomic E-state index is 10.5. The van der Waals surface area contributed by atoms with E-state index in [1.807, 2.05) is 0 Å². The molecular formula is C17H30O13. The van der Waals surface area contributed by atoms with Gasteiger partial charge in [0.05, 0.1) is 19.3 Å². The molecule has 0 amide bonds. The van der Waals surface area contributed by atoms with Gasteiger partial charge in [0.1, 0.15) is 54.9 Å². The average Bonchev–Trinajstić information content (AvgIpc) is 2.72. The minimum atomic E-state index is -1.65. The summed E-state index contributed by atoms with van der Waals surface area (Å²) in [5, 5.41) is 70.2. The largest absolute Gasteiger partial charge is 0.388 e. The lowest BCUT2D eigenvalue weighted by molar-refractivity contribution is -0.369. The Morgan fingerprint density at radius 3 is 1.80 bits per heavy atom. The molecule has 13 atom stereocenters. The summed E-state index contributed by atoms with van der Waals surface area (Å²) in [5.41, 5.74) is 0. The quantitative estimate of drug-likeness (QED) is 0.215. The molecule has 3 fully saturated rings. The molecular weight excluding hydrogens is 412 g/mol. The van der Waals surface area contributed by atoms with Gasteiger partial charge < -0.3 is 64.2 Å². The minimum Gasteiger partial charge on any atom is -0.388 e. The van der Waals surface area contributed by atoms with Gasteiger partial charge in [0, 0.05) is 7.11 Å². The zero-order valence-electron chi connectivity index (χ0n) is 16.5. The Bertz CT molecular complexity index is 550. The van der Waals surface area contributed by atoms with Crippen molar-refractivity contribution in [1.82, 2.24) is 0 Å². The zero-order chi connectivity index (χ0) is 22.2. The third-order valence-electron chi connectivity index (χ3n) is 5.48. The summed E-state index contributed by atoms with van der Waals surface area (Å²) in [4.78, 5) is 0. The van der Waals surface area contributed by atoms with Crippen LogP contribution in [0.15, 0.2) is 0 Å². The van der Waals surface area contributed by atoms with Crippen LogP contribution in [0.25, 0.3) is 0 Å². The van der Waals surface area contributed by atoms with Crippen molar-refractivity contribution in [1.29, 1.82) is 0 Å². The Kier molecular flexibility index (Phi) is 8.01. The fourth-order valence-corrected chi connectivity index (χ4v) is 3.63. The Hall–Kier alpha value is -0.520. The summed E-state index contributed by atoms with van der Waals surface area (Å²) in [6.07, 6.45) is -17.4. The Balaban J connectivity index is 1.64. The van der Waals surface area contributed by atoms with Gasteiger partial charge in [-0.2, -0.15) is 0 Å². The summed E-state index contributed by atoms with van der Waals surface area (Å²) in [6.45, 7) is 1.04. The SMILES string of the molecule is COC1OCC(O)C(O)C1OC1OC(C)C(OC2OCC(O)C(O)C2O)C(O)C1O. The Morgan fingerprint density at radius 1 is 0.633 bits per heavy atom. The molecule has 30 heavy (non-hydrogen) atoms. The predicted octanol–water partition coefficient (Wildman–Crippen LogP) is -4.61. The van der Waals surface area contributed by atoms with E-state index < -0.39 is 79.9 Å². The van der Waals surface area contributed by atoms with Crippen molar-refractivity contribution in [3.05, 3.63) is 0 Å². The third-order valence-corrected chi connectivity index (χ3v) is 5.48. The van der Waals surface area contributed by atoms with Crippen LogP contribution < -0.4 is 0 Å². The van der Waals surface area contributed by atoms with Crippen LogP contribution in [0.5, 0.6) is 0 Å². The van der Waals surface area contributed by atoms with E-state index in [0.717, 1.165) is 0 Å². The van der Waals surface area contributed by atoms with E-state index in [0.29, 0.717) is 0 Å². The predicted molar refractivity (Wildman–Crippen MR) is 92.6 cm³/mol. The Morgan fingerprint density at radius 2 is 1.17 bits per heavy atom. The second kappa shape index (κ2) is 9.95. The molecule has 3 aliphatic rings. The van der Waals surface area contributed by atoms with Crippen LogP contribution in [-0.2, 0) is 28.4 Å². The van der Waals surface area contributed by atoms with E-state index in [1.165, 1.54) is 14.0 Å². The van der Waals surface area contributed by atoms with Crippen LogP contribution in [0.4, 0.5) is 0 Å². The van der Waals surface area contributed by atoms with Crippen molar-refractivity contribution in [3.8, 4) is 0 Å². The monoisotopic (exact) mass is 442 g/mol. The molecule has 0 aromatic carbocycles. The van der Waals surface area contributed by atoms with Crippen molar-refractivity contribution in [2.75, 3.05) is 20.3 Å². The molecule has 0 aromatic rings. The number of aliphatic hydroxyl groups is 7. The first-order valence-corrected chi connectivity index (χ1v) is 9.64. The molecule has 13 heteroatoms. The fraction of sp³-hybridized carbons (Fsp3) is 1.00. The smallest absolute Gasteiger partial charge is 0.187 e. The number of ether oxygens (including phenoxy) is 6. The lowest BCUT2D eigenvalue weighted by Crippen LogP contribution is -2.64. The van der Waals surface area contributed by atoms with Crippen LogP contribution in [0.3, 0.4) is 0 Å². The molecule has 3 aliphatic heterocycles. The molecule has 0 spiro atoms. The molecule has 176 valence electrons. The van der Waals surface area contributed by atoms with E-state index >= 15 is 0 Å². The van der Waals surface area contributed by atoms with Crippen molar-refractivity contribution < 1.29 is 64.2 Å². The average molecular weight is 442 g/mol. The highest BCUT2D eigenvalue weighted by Crippen LogP contribution is 2.30. The van der Waals surface area contributed by atoms with Gasteiger partial charge in [-0.3, -0.25) is 0 Å². The van der Waals surface area contributed by atoms with E-state index in [4.69, 9.17) is 28.4 Å². The lowest BCUT2D eigenvalue weighted by Gasteiger charge is -2.46. The van der Waals surface area contributed by atoms with Crippen LogP contribution in [0.2, 0.25) is 0 Å². The van der Waals surface area contributed by atoms with Gasteiger partial charge in [0.25, 0.3) is 0 Å². The first-order valence-electron chi connectivity index (χ1n) is 9.64. The standard InChI is InChI=1S/C17H30O13/c1-5-13(29-15-11(23)8(20)6(18)3-26-15)10(22)12(24)16(28-5)30-14-9(21)7(19)4-27-17(14)25-2/h5-24H,3-4H2,1-2H3. The molecule has 7 N–H and O–H groups in total. The molecule has 13 nitrogen and oxygen atoms in total. The second-order valence-electron chi connectivity index (χ2n) is 7.64. The highest BCUT2D eigenvalue weighted by molar-refractivity contribution is 4.93. The summed E-state index contributed by atoms with van der Waals surface area (Å²) < 4.78 is 32.1. The highest BCUT2D eigenvalue weighted by atomic mass is 16.8. The third kappa shape index (κ3) is 4.78. The van der Waals surface area contributed by atoms with Crippen molar-refractivity contribution >= 4 is 0 Å². The summed E-state index contributed by atoms with van der Waals surface area (Å²) in [5.74, 6) is 0. The summed E-state index contributed by atoms with van der Waals surface area (Å²) in [7, 11) is 1.31. The normalized spacial score (nSPS) is 52.9. The van der Waals surface area contributed by atoms with Crippen LogP contribution in [0.1, 0.15) is 6.92 Å². The first kappa shape index (κ1) is 24.1. The van der Waals surface area contributed by atoms with E-state index in [9.17, 15) is 35.7 Å². The van der Waals surface area contributed by atoms with Gasteiger partial charge >= 0.3 is 0 Å². The first-order chi connectivity index (χ1) is 14.1. The van der Waals surface area contributed by atoms with Gasteiger partial charge in [-0.05, 0) is 6.92 Å². The number of hydrogen-bond acceptors (Lipinski definition) is 13. The molecule has 0 radical (unpaired) electrons. The molecule has 13 unspecified atom stereocenters. The van der Waals surface area contributed by atoms with Crippen molar-refractivity contribution in [2.45, 2.75) is 86.8 Å².